The molecule has 0 bridgehead atoms. The van der Waals surface area contributed by atoms with Crippen molar-refractivity contribution in [2.75, 3.05) is 17.2 Å². The third kappa shape index (κ3) is 4.75. The van der Waals surface area contributed by atoms with Crippen LogP contribution in [0.1, 0.15) is 29.2 Å². The van der Waals surface area contributed by atoms with Crippen molar-refractivity contribution < 1.29 is 14.3 Å². The van der Waals surface area contributed by atoms with Crippen molar-refractivity contribution in [2.45, 2.75) is 20.8 Å². The first-order chi connectivity index (χ1) is 13.5. The van der Waals surface area contributed by atoms with E-state index in [9.17, 15) is 9.59 Å². The minimum absolute atomic E-state index is 0.140. The topological polar surface area (TPSA) is 80.3 Å². The molecule has 2 aromatic carbocycles. The van der Waals surface area contributed by atoms with Crippen LogP contribution in [-0.4, -0.2) is 23.4 Å². The summed E-state index contributed by atoms with van der Waals surface area (Å²) in [4.78, 5) is 28.8. The Bertz CT molecular complexity index is 979. The number of hydrogen-bond donors (Lipinski definition) is 2. The van der Waals surface area contributed by atoms with E-state index in [0.29, 0.717) is 28.6 Å². The van der Waals surface area contributed by atoms with Gasteiger partial charge in [-0.25, -0.2) is 4.98 Å². The Labute approximate surface area is 167 Å². The van der Waals surface area contributed by atoms with E-state index in [1.54, 1.807) is 24.3 Å². The van der Waals surface area contributed by atoms with Gasteiger partial charge in [0.25, 0.3) is 5.91 Å². The van der Waals surface area contributed by atoms with Crippen molar-refractivity contribution >= 4 is 34.5 Å². The van der Waals surface area contributed by atoms with Gasteiger partial charge in [-0.15, -0.1) is 11.3 Å². The second-order valence-corrected chi connectivity index (χ2v) is 7.10. The molecule has 0 saturated carbocycles. The molecule has 2 amide bonds. The Morgan fingerprint density at radius 3 is 2.18 bits per heavy atom. The normalized spacial score (nSPS) is 10.4. The standard InChI is InChI=1S/C21H21N3O3S/c1-4-27-18-11-5-15(6-12-18)21-22-13(2)19(28-21)20(26)24-17-9-7-16(8-10-17)23-14(3)25/h5-12H,4H2,1-3H3,(H,23,25)(H,24,26). The van der Waals surface area contributed by atoms with Crippen LogP contribution >= 0.6 is 11.3 Å². The zero-order valence-electron chi connectivity index (χ0n) is 15.9. The number of carbonyl (C=O) groups is 2. The van der Waals surface area contributed by atoms with E-state index in [2.05, 4.69) is 15.6 Å². The maximum absolute atomic E-state index is 12.7. The van der Waals surface area contributed by atoms with Crippen LogP contribution < -0.4 is 15.4 Å². The fourth-order valence-electron chi connectivity index (χ4n) is 2.62. The predicted octanol–water partition coefficient (Wildman–Crippen LogP) is 4.73. The summed E-state index contributed by atoms with van der Waals surface area (Å²) < 4.78 is 5.46. The molecule has 2 N–H and O–H groups in total. The van der Waals surface area contributed by atoms with Crippen LogP contribution in [-0.2, 0) is 4.79 Å². The first kappa shape index (κ1) is 19.6. The molecule has 0 unspecified atom stereocenters. The lowest BCUT2D eigenvalue weighted by Crippen LogP contribution is -2.11. The third-order valence-electron chi connectivity index (χ3n) is 3.88. The Morgan fingerprint density at radius 2 is 1.61 bits per heavy atom. The molecule has 0 aliphatic rings. The Morgan fingerprint density at radius 1 is 1.00 bits per heavy atom. The van der Waals surface area contributed by atoms with Gasteiger partial charge in [-0.1, -0.05) is 0 Å². The number of aromatic nitrogens is 1. The molecular weight excluding hydrogens is 374 g/mol. The lowest BCUT2D eigenvalue weighted by atomic mass is 10.2. The SMILES string of the molecule is CCOc1ccc(-c2nc(C)c(C(=O)Nc3ccc(NC(C)=O)cc3)s2)cc1. The number of carbonyl (C=O) groups excluding carboxylic acids is 2. The molecule has 6 nitrogen and oxygen atoms in total. The summed E-state index contributed by atoms with van der Waals surface area (Å²) in [6, 6.07) is 14.6. The van der Waals surface area contributed by atoms with Gasteiger partial charge in [0.2, 0.25) is 5.91 Å². The Balaban J connectivity index is 1.73. The molecule has 0 aliphatic heterocycles. The first-order valence-corrected chi connectivity index (χ1v) is 9.67. The van der Waals surface area contributed by atoms with E-state index < -0.39 is 0 Å². The highest BCUT2D eigenvalue weighted by Crippen LogP contribution is 2.30. The summed E-state index contributed by atoms with van der Waals surface area (Å²) in [5, 5.41) is 6.34. The molecule has 0 radical (unpaired) electrons. The number of ether oxygens (including phenoxy) is 1. The molecule has 0 atom stereocenters. The van der Waals surface area contributed by atoms with E-state index in [-0.39, 0.29) is 11.8 Å². The molecule has 0 fully saturated rings. The maximum Gasteiger partial charge on any atom is 0.267 e. The number of amides is 2. The van der Waals surface area contributed by atoms with Gasteiger partial charge in [0.05, 0.1) is 12.3 Å². The number of aryl methyl sites for hydroxylation is 1. The minimum atomic E-state index is -0.209. The van der Waals surface area contributed by atoms with Gasteiger partial charge in [0.15, 0.2) is 0 Å². The molecule has 7 heteroatoms. The number of benzene rings is 2. The number of nitrogens with zero attached hydrogens (tertiary/aromatic N) is 1. The van der Waals surface area contributed by atoms with Gasteiger partial charge in [-0.05, 0) is 62.4 Å². The Kier molecular flexibility index (Phi) is 6.06. The quantitative estimate of drug-likeness (QED) is 0.632. The second-order valence-electron chi connectivity index (χ2n) is 6.10. The van der Waals surface area contributed by atoms with Gasteiger partial charge in [0, 0.05) is 23.9 Å². The van der Waals surface area contributed by atoms with Crippen LogP contribution in [0.2, 0.25) is 0 Å². The minimum Gasteiger partial charge on any atom is -0.494 e. The molecule has 28 heavy (non-hydrogen) atoms. The van der Waals surface area contributed by atoms with Gasteiger partial charge in [0.1, 0.15) is 15.6 Å². The lowest BCUT2D eigenvalue weighted by molar-refractivity contribution is -0.114. The van der Waals surface area contributed by atoms with Gasteiger partial charge in [-0.2, -0.15) is 0 Å². The molecule has 0 spiro atoms. The molecular formula is C21H21N3O3S. The van der Waals surface area contributed by atoms with Crippen molar-refractivity contribution in [2.24, 2.45) is 0 Å². The van der Waals surface area contributed by atoms with E-state index >= 15 is 0 Å². The van der Waals surface area contributed by atoms with Gasteiger partial charge in [-0.3, -0.25) is 9.59 Å². The van der Waals surface area contributed by atoms with Crippen molar-refractivity contribution in [3.63, 3.8) is 0 Å². The number of anilines is 2. The van der Waals surface area contributed by atoms with E-state index in [0.717, 1.165) is 16.3 Å². The van der Waals surface area contributed by atoms with Crippen molar-refractivity contribution in [3.8, 4) is 16.3 Å². The zero-order valence-corrected chi connectivity index (χ0v) is 16.7. The summed E-state index contributed by atoms with van der Waals surface area (Å²) in [7, 11) is 0. The summed E-state index contributed by atoms with van der Waals surface area (Å²) >= 11 is 1.35. The van der Waals surface area contributed by atoms with Crippen LogP contribution in [0.15, 0.2) is 48.5 Å². The summed E-state index contributed by atoms with van der Waals surface area (Å²) in [6.07, 6.45) is 0. The van der Waals surface area contributed by atoms with Crippen molar-refractivity contribution in [3.05, 3.63) is 59.1 Å². The Hall–Kier alpha value is -3.19. The smallest absolute Gasteiger partial charge is 0.267 e. The van der Waals surface area contributed by atoms with Crippen molar-refractivity contribution in [1.82, 2.24) is 4.98 Å². The highest BCUT2D eigenvalue weighted by molar-refractivity contribution is 7.17. The number of hydrogen-bond acceptors (Lipinski definition) is 5. The fourth-order valence-corrected chi connectivity index (χ4v) is 3.59. The van der Waals surface area contributed by atoms with Crippen LogP contribution in [0.4, 0.5) is 11.4 Å². The molecule has 3 aromatic rings. The molecule has 0 saturated heterocycles. The fraction of sp³-hybridized carbons (Fsp3) is 0.190. The highest BCUT2D eigenvalue weighted by Gasteiger charge is 2.16. The first-order valence-electron chi connectivity index (χ1n) is 8.86. The van der Waals surface area contributed by atoms with Gasteiger partial charge >= 0.3 is 0 Å². The summed E-state index contributed by atoms with van der Waals surface area (Å²) in [5.74, 6) is 0.457. The number of nitrogens with one attached hydrogen (secondary N) is 2. The second kappa shape index (κ2) is 8.67. The maximum atomic E-state index is 12.7. The average Bonchev–Trinajstić information content (AvgIpc) is 3.06. The van der Waals surface area contributed by atoms with E-state index in [4.69, 9.17) is 4.74 Å². The molecule has 144 valence electrons. The van der Waals surface area contributed by atoms with E-state index in [1.807, 2.05) is 38.1 Å². The summed E-state index contributed by atoms with van der Waals surface area (Å²) in [5.41, 5.74) is 2.95. The molecule has 3 rings (SSSR count). The highest BCUT2D eigenvalue weighted by atomic mass is 32.1. The van der Waals surface area contributed by atoms with Crippen LogP contribution in [0, 0.1) is 6.92 Å². The monoisotopic (exact) mass is 395 g/mol. The van der Waals surface area contributed by atoms with E-state index in [1.165, 1.54) is 18.3 Å². The van der Waals surface area contributed by atoms with Crippen LogP contribution in [0.5, 0.6) is 5.75 Å². The van der Waals surface area contributed by atoms with Crippen LogP contribution in [0.25, 0.3) is 10.6 Å². The molecule has 0 aliphatic carbocycles. The number of rotatable bonds is 6. The molecule has 1 heterocycles. The third-order valence-corrected chi connectivity index (χ3v) is 5.08. The summed E-state index contributed by atoms with van der Waals surface area (Å²) in [6.45, 7) is 5.83. The lowest BCUT2D eigenvalue weighted by Gasteiger charge is -2.06. The van der Waals surface area contributed by atoms with Gasteiger partial charge < -0.3 is 15.4 Å². The van der Waals surface area contributed by atoms with Crippen LogP contribution in [0.3, 0.4) is 0 Å². The largest absolute Gasteiger partial charge is 0.494 e. The zero-order chi connectivity index (χ0) is 20.1. The number of thiazole rings is 1. The average molecular weight is 395 g/mol. The molecule has 1 aromatic heterocycles. The van der Waals surface area contributed by atoms with Crippen molar-refractivity contribution in [1.29, 1.82) is 0 Å². The predicted molar refractivity (Wildman–Crippen MR) is 112 cm³/mol.